The highest BCUT2D eigenvalue weighted by molar-refractivity contribution is 5.94. The predicted octanol–water partition coefficient (Wildman–Crippen LogP) is 3.23. The third-order valence-corrected chi connectivity index (χ3v) is 4.34. The molecule has 0 saturated heterocycles. The van der Waals surface area contributed by atoms with Crippen LogP contribution in [-0.2, 0) is 4.79 Å². The van der Waals surface area contributed by atoms with E-state index >= 15 is 0 Å². The lowest BCUT2D eigenvalue weighted by Gasteiger charge is -2.23. The number of carbonyl (C=O) groups is 2. The van der Waals surface area contributed by atoms with Crippen molar-refractivity contribution in [2.75, 3.05) is 24.5 Å². The third-order valence-electron chi connectivity index (χ3n) is 4.34. The minimum Gasteiger partial charge on any atom is -0.372 e. The molecule has 1 unspecified atom stereocenters. The van der Waals surface area contributed by atoms with E-state index in [0.29, 0.717) is 12.1 Å². The fourth-order valence-electron chi connectivity index (χ4n) is 2.90. The minimum absolute atomic E-state index is 0.0429. The van der Waals surface area contributed by atoms with Gasteiger partial charge in [0.05, 0.1) is 0 Å². The summed E-state index contributed by atoms with van der Waals surface area (Å²) in [6.45, 7) is 6.42. The van der Waals surface area contributed by atoms with E-state index in [1.54, 1.807) is 12.1 Å². The Labute approximate surface area is 161 Å². The van der Waals surface area contributed by atoms with Crippen LogP contribution in [0.5, 0.6) is 0 Å². The fraction of sp³-hybridized carbons (Fsp3) is 0.364. The first-order valence-electron chi connectivity index (χ1n) is 9.52. The van der Waals surface area contributed by atoms with Crippen LogP contribution < -0.4 is 15.5 Å². The topological polar surface area (TPSA) is 61.4 Å². The number of nitrogens with one attached hydrogen (secondary N) is 2. The Bertz CT molecular complexity index is 704. The lowest BCUT2D eigenvalue weighted by atomic mass is 10.1. The summed E-state index contributed by atoms with van der Waals surface area (Å²) in [7, 11) is 0. The molecule has 2 rings (SSSR count). The zero-order valence-corrected chi connectivity index (χ0v) is 16.2. The number of amides is 2. The second-order valence-corrected chi connectivity index (χ2v) is 6.56. The van der Waals surface area contributed by atoms with Gasteiger partial charge in [-0.15, -0.1) is 0 Å². The van der Waals surface area contributed by atoms with Crippen molar-refractivity contribution in [3.63, 3.8) is 0 Å². The summed E-state index contributed by atoms with van der Waals surface area (Å²) < 4.78 is 0. The van der Waals surface area contributed by atoms with Crippen molar-refractivity contribution in [2.45, 2.75) is 32.7 Å². The Morgan fingerprint density at radius 3 is 2.26 bits per heavy atom. The Hall–Kier alpha value is -2.82. The molecule has 2 N–H and O–H groups in total. The zero-order chi connectivity index (χ0) is 19.5. The molecular weight excluding hydrogens is 338 g/mol. The second-order valence-electron chi connectivity index (χ2n) is 6.56. The molecule has 1 atom stereocenters. The summed E-state index contributed by atoms with van der Waals surface area (Å²) in [5, 5.41) is 5.80. The van der Waals surface area contributed by atoms with Crippen LogP contribution in [0.15, 0.2) is 60.7 Å². The van der Waals surface area contributed by atoms with Crippen LogP contribution in [-0.4, -0.2) is 37.5 Å². The molecule has 0 aliphatic heterocycles. The highest BCUT2D eigenvalue weighted by atomic mass is 16.2. The minimum atomic E-state index is -0.214. The van der Waals surface area contributed by atoms with Crippen molar-refractivity contribution in [1.29, 1.82) is 0 Å². The van der Waals surface area contributed by atoms with Gasteiger partial charge in [0, 0.05) is 43.3 Å². The fourth-order valence-corrected chi connectivity index (χ4v) is 2.90. The molecule has 27 heavy (non-hydrogen) atoms. The SMILES string of the molecule is CCN(CCCNC(=O)CC(C)NC(=O)c1ccccc1)c1ccccc1. The highest BCUT2D eigenvalue weighted by Gasteiger charge is 2.13. The number of carbonyl (C=O) groups excluding carboxylic acids is 2. The maximum atomic E-state index is 12.1. The summed E-state index contributed by atoms with van der Waals surface area (Å²) in [5.74, 6) is -0.198. The molecule has 0 aliphatic carbocycles. The number of benzene rings is 2. The molecule has 2 amide bonds. The first-order chi connectivity index (χ1) is 13.1. The van der Waals surface area contributed by atoms with Crippen molar-refractivity contribution in [2.24, 2.45) is 0 Å². The van der Waals surface area contributed by atoms with Gasteiger partial charge in [0.1, 0.15) is 0 Å². The number of anilines is 1. The molecule has 0 heterocycles. The van der Waals surface area contributed by atoms with Crippen LogP contribution in [0.25, 0.3) is 0 Å². The van der Waals surface area contributed by atoms with E-state index in [0.717, 1.165) is 19.5 Å². The molecule has 2 aromatic carbocycles. The molecule has 0 radical (unpaired) electrons. The number of para-hydroxylation sites is 1. The molecule has 0 spiro atoms. The lowest BCUT2D eigenvalue weighted by Crippen LogP contribution is -2.38. The Morgan fingerprint density at radius 1 is 1.00 bits per heavy atom. The van der Waals surface area contributed by atoms with Crippen molar-refractivity contribution in [3.05, 3.63) is 66.2 Å². The lowest BCUT2D eigenvalue weighted by molar-refractivity contribution is -0.121. The summed E-state index contributed by atoms with van der Waals surface area (Å²) in [6.07, 6.45) is 1.15. The smallest absolute Gasteiger partial charge is 0.251 e. The van der Waals surface area contributed by atoms with Gasteiger partial charge < -0.3 is 15.5 Å². The first kappa shape index (κ1) is 20.5. The summed E-state index contributed by atoms with van der Waals surface area (Å²) >= 11 is 0. The Balaban J connectivity index is 1.66. The molecule has 0 fully saturated rings. The van der Waals surface area contributed by atoms with Gasteiger partial charge in [-0.3, -0.25) is 9.59 Å². The van der Waals surface area contributed by atoms with E-state index in [1.165, 1.54) is 5.69 Å². The largest absolute Gasteiger partial charge is 0.372 e. The number of hydrogen-bond acceptors (Lipinski definition) is 3. The van der Waals surface area contributed by atoms with Crippen LogP contribution in [0.2, 0.25) is 0 Å². The van der Waals surface area contributed by atoms with Gasteiger partial charge in [-0.2, -0.15) is 0 Å². The van der Waals surface area contributed by atoms with Crippen molar-refractivity contribution in [3.8, 4) is 0 Å². The average Bonchev–Trinajstić information content (AvgIpc) is 2.69. The first-order valence-corrected chi connectivity index (χ1v) is 9.52. The maximum Gasteiger partial charge on any atom is 0.251 e. The Kier molecular flexibility index (Phi) is 8.36. The molecule has 5 nitrogen and oxygen atoms in total. The third kappa shape index (κ3) is 7.13. The summed E-state index contributed by atoms with van der Waals surface area (Å²) in [5.41, 5.74) is 1.80. The monoisotopic (exact) mass is 367 g/mol. The molecule has 5 heteroatoms. The van der Waals surface area contributed by atoms with Crippen LogP contribution in [0, 0.1) is 0 Å². The molecule has 0 bridgehead atoms. The number of nitrogens with zero attached hydrogens (tertiary/aromatic N) is 1. The van der Waals surface area contributed by atoms with E-state index in [2.05, 4.69) is 34.6 Å². The van der Waals surface area contributed by atoms with E-state index < -0.39 is 0 Å². The zero-order valence-electron chi connectivity index (χ0n) is 16.2. The highest BCUT2D eigenvalue weighted by Crippen LogP contribution is 2.12. The predicted molar refractivity (Wildman–Crippen MR) is 110 cm³/mol. The van der Waals surface area contributed by atoms with Gasteiger partial charge in [0.15, 0.2) is 0 Å². The Morgan fingerprint density at radius 2 is 1.63 bits per heavy atom. The second kappa shape index (κ2) is 11.0. The van der Waals surface area contributed by atoms with Crippen LogP contribution in [0.4, 0.5) is 5.69 Å². The number of rotatable bonds is 10. The van der Waals surface area contributed by atoms with Crippen molar-refractivity contribution < 1.29 is 9.59 Å². The van der Waals surface area contributed by atoms with E-state index in [1.807, 2.05) is 43.3 Å². The molecular formula is C22H29N3O2. The van der Waals surface area contributed by atoms with Gasteiger partial charge >= 0.3 is 0 Å². The van der Waals surface area contributed by atoms with E-state index in [4.69, 9.17) is 0 Å². The van der Waals surface area contributed by atoms with Crippen LogP contribution in [0.1, 0.15) is 37.0 Å². The molecule has 0 aliphatic rings. The van der Waals surface area contributed by atoms with E-state index in [9.17, 15) is 9.59 Å². The van der Waals surface area contributed by atoms with Gasteiger partial charge in [-0.25, -0.2) is 0 Å². The van der Waals surface area contributed by atoms with E-state index in [-0.39, 0.29) is 24.3 Å². The van der Waals surface area contributed by atoms with Crippen LogP contribution in [0.3, 0.4) is 0 Å². The summed E-state index contributed by atoms with van der Waals surface area (Å²) in [6, 6.07) is 19.1. The molecule has 2 aromatic rings. The average molecular weight is 367 g/mol. The number of hydrogen-bond donors (Lipinski definition) is 2. The standard InChI is InChI=1S/C22H29N3O2/c1-3-25(20-13-8-5-9-14-20)16-10-15-23-21(26)17-18(2)24-22(27)19-11-6-4-7-12-19/h4-9,11-14,18H,3,10,15-17H2,1-2H3,(H,23,26)(H,24,27). The van der Waals surface area contributed by atoms with Crippen molar-refractivity contribution >= 4 is 17.5 Å². The van der Waals surface area contributed by atoms with Gasteiger partial charge in [0.2, 0.25) is 5.91 Å². The summed E-state index contributed by atoms with van der Waals surface area (Å²) in [4.78, 5) is 26.5. The van der Waals surface area contributed by atoms with Crippen LogP contribution >= 0.6 is 0 Å². The normalized spacial score (nSPS) is 11.5. The quantitative estimate of drug-likeness (QED) is 0.634. The molecule has 0 aromatic heterocycles. The van der Waals surface area contributed by atoms with Crippen molar-refractivity contribution in [1.82, 2.24) is 10.6 Å². The van der Waals surface area contributed by atoms with Gasteiger partial charge in [-0.1, -0.05) is 36.4 Å². The molecule has 144 valence electrons. The van der Waals surface area contributed by atoms with Gasteiger partial charge in [0.25, 0.3) is 5.91 Å². The van der Waals surface area contributed by atoms with Gasteiger partial charge in [-0.05, 0) is 44.5 Å². The molecule has 0 saturated carbocycles. The maximum absolute atomic E-state index is 12.1.